The number of ketones is 2. The van der Waals surface area contributed by atoms with Gasteiger partial charge >= 0.3 is 12.2 Å². The summed E-state index contributed by atoms with van der Waals surface area (Å²) in [5.74, 6) is -2.39. The van der Waals surface area contributed by atoms with Crippen molar-refractivity contribution in [1.82, 2.24) is 10.6 Å². The van der Waals surface area contributed by atoms with Gasteiger partial charge in [-0.05, 0) is 38.2 Å². The van der Waals surface area contributed by atoms with E-state index in [1.807, 2.05) is 6.92 Å². The quantitative estimate of drug-likeness (QED) is 0.240. The molecule has 6 unspecified atom stereocenters. The lowest BCUT2D eigenvalue weighted by atomic mass is 9.85. The summed E-state index contributed by atoms with van der Waals surface area (Å²) in [7, 11) is 2.86. The molecule has 2 bridgehead atoms. The van der Waals surface area contributed by atoms with Crippen LogP contribution in [0.4, 0.5) is 9.59 Å². The van der Waals surface area contributed by atoms with Crippen LogP contribution in [0, 0.1) is 11.8 Å². The average Bonchev–Trinajstić information content (AvgIpc) is 2.97. The third kappa shape index (κ3) is 10.3. The maximum atomic E-state index is 13.7. The van der Waals surface area contributed by atoms with Crippen molar-refractivity contribution in [3.8, 4) is 0 Å². The number of primary amides is 2. The highest BCUT2D eigenvalue weighted by atomic mass is 16.6. The Kier molecular flexibility index (Phi) is 14.0. The molecule has 1 aliphatic heterocycles. The van der Waals surface area contributed by atoms with Crippen LogP contribution in [0.5, 0.6) is 0 Å². The van der Waals surface area contributed by atoms with E-state index in [-0.39, 0.29) is 47.8 Å². The Bertz CT molecular complexity index is 1330. The van der Waals surface area contributed by atoms with Gasteiger partial charge in [0.05, 0.1) is 17.5 Å². The van der Waals surface area contributed by atoms with Crippen LogP contribution in [-0.2, 0) is 33.3 Å². The minimum Gasteiger partial charge on any atom is -0.443 e. The minimum absolute atomic E-state index is 0.114. The molecule has 13 nitrogen and oxygen atoms in total. The van der Waals surface area contributed by atoms with Crippen molar-refractivity contribution < 1.29 is 42.9 Å². The van der Waals surface area contributed by atoms with Crippen molar-refractivity contribution in [1.29, 1.82) is 0 Å². The Labute approximate surface area is 263 Å². The lowest BCUT2D eigenvalue weighted by molar-refractivity contribution is -0.120. The fourth-order valence-electron chi connectivity index (χ4n) is 5.26. The fraction of sp³-hybridized carbons (Fsp3) is 0.469. The molecule has 3 amide bonds. The third-order valence-electron chi connectivity index (χ3n) is 7.43. The molecule has 0 aromatic rings. The van der Waals surface area contributed by atoms with Gasteiger partial charge in [0.2, 0.25) is 11.6 Å². The standard InChI is InChI=1S/C32H44N4O9/c1-8-12-35-26-21-13-17(2)14-25(43-7)29(45-32(34)41)20(5)15-19(4)28(44-31(33)40)24(42-6)11-9-10-18(3)30(39)36-22(27(21)38)16-23(26)37/h8-11,15-17,20,24-25,28-29,35H,1,12-14H2,2-7H3,(H2,33,40)(H2,34,41)(H,36,39)/b11-9+,18-10-,19-15-. The van der Waals surface area contributed by atoms with Crippen molar-refractivity contribution >= 4 is 29.7 Å². The molecule has 13 heteroatoms. The number of carbonyl (C=O) groups is 5. The van der Waals surface area contributed by atoms with Gasteiger partial charge in [0.25, 0.3) is 5.91 Å². The van der Waals surface area contributed by atoms with Gasteiger partial charge in [-0.15, -0.1) is 6.58 Å². The maximum absolute atomic E-state index is 13.7. The van der Waals surface area contributed by atoms with Gasteiger partial charge in [0, 0.05) is 43.9 Å². The number of carbonyl (C=O) groups excluding carboxylic acids is 5. The molecule has 6 N–H and O–H groups in total. The van der Waals surface area contributed by atoms with Crippen LogP contribution >= 0.6 is 0 Å². The van der Waals surface area contributed by atoms with Crippen molar-refractivity contribution in [2.24, 2.45) is 23.3 Å². The predicted molar refractivity (Wildman–Crippen MR) is 166 cm³/mol. The Morgan fingerprint density at radius 1 is 1.09 bits per heavy atom. The Morgan fingerprint density at radius 3 is 2.33 bits per heavy atom. The van der Waals surface area contributed by atoms with Crippen LogP contribution in [0.3, 0.4) is 0 Å². The zero-order valence-corrected chi connectivity index (χ0v) is 26.6. The molecule has 2 aliphatic rings. The SMILES string of the molecule is C=CCNC1=C2CC(C)CC(OC)C(OC(N)=O)C(C)/C=C(/C)C(OC(N)=O)C(OC)/C=C/C=C(/C)C(=O)NC(=CC1=O)C2=O. The van der Waals surface area contributed by atoms with Crippen LogP contribution in [-0.4, -0.2) is 74.8 Å². The number of allylic oxidation sites excluding steroid dienone is 4. The van der Waals surface area contributed by atoms with E-state index in [1.165, 1.54) is 33.3 Å². The summed E-state index contributed by atoms with van der Waals surface area (Å²) in [6.45, 7) is 10.8. The number of nitrogens with one attached hydrogen (secondary N) is 2. The van der Waals surface area contributed by atoms with E-state index in [1.54, 1.807) is 32.1 Å². The van der Waals surface area contributed by atoms with Crippen molar-refractivity contribution in [3.63, 3.8) is 0 Å². The summed E-state index contributed by atoms with van der Waals surface area (Å²) in [5.41, 5.74) is 11.7. The van der Waals surface area contributed by atoms with E-state index in [2.05, 4.69) is 17.2 Å². The normalized spacial score (nSPS) is 30.1. The highest BCUT2D eigenvalue weighted by Gasteiger charge is 2.35. The van der Waals surface area contributed by atoms with Crippen LogP contribution in [0.15, 0.2) is 71.1 Å². The van der Waals surface area contributed by atoms with Crippen molar-refractivity contribution in [2.45, 2.75) is 65.0 Å². The molecule has 0 fully saturated rings. The van der Waals surface area contributed by atoms with Gasteiger partial charge in [-0.2, -0.15) is 0 Å². The van der Waals surface area contributed by atoms with E-state index in [4.69, 9.17) is 30.4 Å². The van der Waals surface area contributed by atoms with Gasteiger partial charge in [-0.1, -0.05) is 44.2 Å². The maximum Gasteiger partial charge on any atom is 0.405 e. The van der Waals surface area contributed by atoms with Crippen molar-refractivity contribution in [3.05, 3.63) is 71.1 Å². The molecule has 246 valence electrons. The lowest BCUT2D eigenvalue weighted by Gasteiger charge is -2.32. The first-order valence-corrected chi connectivity index (χ1v) is 14.4. The molecule has 0 radical (unpaired) electrons. The van der Waals surface area contributed by atoms with E-state index in [9.17, 15) is 24.0 Å². The van der Waals surface area contributed by atoms with Crippen LogP contribution < -0.4 is 22.1 Å². The second-order valence-corrected chi connectivity index (χ2v) is 11.0. The number of Topliss-reactive ketones (excluding diaryl/α,β-unsaturated/α-hetero) is 1. The van der Waals surface area contributed by atoms with E-state index in [0.717, 1.165) is 6.08 Å². The fourth-order valence-corrected chi connectivity index (χ4v) is 5.26. The van der Waals surface area contributed by atoms with Crippen LogP contribution in [0.2, 0.25) is 0 Å². The summed E-state index contributed by atoms with van der Waals surface area (Å²) in [6.07, 6.45) is 3.88. The number of nitrogens with two attached hydrogens (primary N) is 2. The number of methoxy groups -OCH3 is 2. The lowest BCUT2D eigenvalue weighted by Crippen LogP contribution is -2.41. The highest BCUT2D eigenvalue weighted by Crippen LogP contribution is 2.30. The second-order valence-electron chi connectivity index (χ2n) is 11.0. The summed E-state index contributed by atoms with van der Waals surface area (Å²) in [5, 5.41) is 5.50. The zero-order chi connectivity index (χ0) is 33.8. The molecule has 0 aromatic carbocycles. The first-order valence-electron chi connectivity index (χ1n) is 14.4. The van der Waals surface area contributed by atoms with Crippen molar-refractivity contribution in [2.75, 3.05) is 20.8 Å². The molecule has 6 atom stereocenters. The minimum atomic E-state index is -1.04. The number of fused-ring (bicyclic) bond motifs is 2. The third-order valence-corrected chi connectivity index (χ3v) is 7.43. The van der Waals surface area contributed by atoms with Crippen LogP contribution in [0.1, 0.15) is 40.5 Å². The number of ether oxygens (including phenoxy) is 4. The number of hydrogen-bond acceptors (Lipinski definition) is 10. The molecular weight excluding hydrogens is 584 g/mol. The van der Waals surface area contributed by atoms with E-state index < -0.39 is 60.0 Å². The largest absolute Gasteiger partial charge is 0.443 e. The molecule has 0 aromatic heterocycles. The topological polar surface area (TPSA) is 198 Å². The molecule has 1 aliphatic carbocycles. The van der Waals surface area contributed by atoms with E-state index >= 15 is 0 Å². The first-order chi connectivity index (χ1) is 21.2. The summed E-state index contributed by atoms with van der Waals surface area (Å²) in [6, 6.07) is 0. The molecule has 0 saturated carbocycles. The summed E-state index contributed by atoms with van der Waals surface area (Å²) >= 11 is 0. The second kappa shape index (κ2) is 17.1. The molecule has 2 rings (SSSR count). The number of amides is 3. The van der Waals surface area contributed by atoms with Gasteiger partial charge < -0.3 is 41.0 Å². The van der Waals surface area contributed by atoms with Gasteiger partial charge in [-0.25, -0.2) is 9.59 Å². The number of hydrogen-bond donors (Lipinski definition) is 4. The molecule has 1 heterocycles. The smallest absolute Gasteiger partial charge is 0.405 e. The van der Waals surface area contributed by atoms with Gasteiger partial charge in [0.1, 0.15) is 12.2 Å². The molecule has 0 saturated heterocycles. The zero-order valence-electron chi connectivity index (χ0n) is 26.6. The van der Waals surface area contributed by atoms with E-state index in [0.29, 0.717) is 5.57 Å². The summed E-state index contributed by atoms with van der Waals surface area (Å²) in [4.78, 5) is 63.6. The Morgan fingerprint density at radius 2 is 1.76 bits per heavy atom. The average molecular weight is 629 g/mol. The monoisotopic (exact) mass is 628 g/mol. The molecule has 0 spiro atoms. The Hall–Kier alpha value is -4.49. The van der Waals surface area contributed by atoms with Gasteiger partial charge in [-0.3, -0.25) is 14.4 Å². The highest BCUT2D eigenvalue weighted by molar-refractivity contribution is 6.23. The number of rotatable bonds is 7. The van der Waals surface area contributed by atoms with Crippen LogP contribution in [0.25, 0.3) is 0 Å². The summed E-state index contributed by atoms with van der Waals surface area (Å²) < 4.78 is 22.2. The first kappa shape index (κ1) is 36.7. The Balaban J connectivity index is 2.72. The molecule has 45 heavy (non-hydrogen) atoms. The van der Waals surface area contributed by atoms with Gasteiger partial charge in [0.15, 0.2) is 6.10 Å². The predicted octanol–water partition coefficient (Wildman–Crippen LogP) is 2.64. The molecular formula is C32H44N4O9.